The highest BCUT2D eigenvalue weighted by atomic mass is 19.4. The third-order valence-corrected chi connectivity index (χ3v) is 4.56. The number of benzene rings is 1. The fourth-order valence-corrected chi connectivity index (χ4v) is 3.27. The number of hydrogen-bond donors (Lipinski definition) is 2. The van der Waals surface area contributed by atoms with Gasteiger partial charge in [0.05, 0.1) is 5.69 Å². The fraction of sp³-hybridized carbons (Fsp3) is 0.400. The first kappa shape index (κ1) is 20.0. The van der Waals surface area contributed by atoms with Gasteiger partial charge in [-0.3, -0.25) is 0 Å². The van der Waals surface area contributed by atoms with Crippen molar-refractivity contribution in [2.45, 2.75) is 32.0 Å². The van der Waals surface area contributed by atoms with Gasteiger partial charge < -0.3 is 15.3 Å². The van der Waals surface area contributed by atoms with E-state index in [1.54, 1.807) is 0 Å². The highest BCUT2D eigenvalue weighted by molar-refractivity contribution is 5.71. The minimum Gasteiger partial charge on any atom is -0.507 e. The molecule has 28 heavy (non-hydrogen) atoms. The van der Waals surface area contributed by atoms with Gasteiger partial charge >= 0.3 is 6.18 Å². The lowest BCUT2D eigenvalue weighted by Crippen LogP contribution is -2.39. The molecule has 1 aliphatic rings. The Morgan fingerprint density at radius 2 is 2.04 bits per heavy atom. The van der Waals surface area contributed by atoms with E-state index in [0.717, 1.165) is 31.5 Å². The molecule has 2 N–H and O–H groups in total. The molecule has 1 aliphatic heterocycles. The monoisotopic (exact) mass is 390 g/mol. The van der Waals surface area contributed by atoms with Gasteiger partial charge in [0.15, 0.2) is 0 Å². The van der Waals surface area contributed by atoms with Crippen LogP contribution in [0.3, 0.4) is 0 Å². The molecule has 0 aliphatic carbocycles. The number of aryl methyl sites for hydroxylation is 1. The molecule has 148 valence electrons. The van der Waals surface area contributed by atoms with Crippen LogP contribution in [0.2, 0.25) is 0 Å². The Bertz CT molecular complexity index is 918. The maximum absolute atomic E-state index is 12.2. The van der Waals surface area contributed by atoms with Crippen LogP contribution in [0, 0.1) is 18.8 Å². The van der Waals surface area contributed by atoms with Gasteiger partial charge in [-0.25, -0.2) is 0 Å². The van der Waals surface area contributed by atoms with Gasteiger partial charge in [0.2, 0.25) is 0 Å². The summed E-state index contributed by atoms with van der Waals surface area (Å²) in [7, 11) is 2.08. The van der Waals surface area contributed by atoms with Gasteiger partial charge in [0.25, 0.3) is 0 Å². The summed E-state index contributed by atoms with van der Waals surface area (Å²) in [6, 6.07) is 6.26. The van der Waals surface area contributed by atoms with Crippen molar-refractivity contribution >= 4 is 5.82 Å². The molecule has 0 radical (unpaired) electrons. The van der Waals surface area contributed by atoms with Crippen LogP contribution in [0.1, 0.15) is 24.0 Å². The summed E-state index contributed by atoms with van der Waals surface area (Å²) in [6.07, 6.45) is -2.39. The Morgan fingerprint density at radius 3 is 2.68 bits per heavy atom. The quantitative estimate of drug-likeness (QED) is 0.785. The van der Waals surface area contributed by atoms with E-state index in [0.29, 0.717) is 23.1 Å². The number of rotatable bonds is 3. The van der Waals surface area contributed by atoms with Gasteiger partial charge in [0.1, 0.15) is 11.6 Å². The van der Waals surface area contributed by atoms with Crippen molar-refractivity contribution in [3.63, 3.8) is 0 Å². The third kappa shape index (κ3) is 5.14. The zero-order chi connectivity index (χ0) is 20.3. The lowest BCUT2D eigenvalue weighted by atomic mass is 10.0. The van der Waals surface area contributed by atoms with E-state index in [1.165, 1.54) is 24.1 Å². The van der Waals surface area contributed by atoms with E-state index < -0.39 is 6.18 Å². The first-order valence-electron chi connectivity index (χ1n) is 8.94. The van der Waals surface area contributed by atoms with Crippen LogP contribution in [0.4, 0.5) is 19.0 Å². The second-order valence-corrected chi connectivity index (χ2v) is 6.99. The molecule has 1 aromatic carbocycles. The molecule has 1 atom stereocenters. The number of likely N-dealkylation sites (N-methyl/N-ethyl adjacent to an activating group) is 1. The first-order chi connectivity index (χ1) is 13.2. The number of phenols is 1. The van der Waals surface area contributed by atoms with Crippen molar-refractivity contribution in [1.29, 1.82) is 0 Å². The lowest BCUT2D eigenvalue weighted by Gasteiger charge is -2.30. The Hall–Kier alpha value is -2.79. The van der Waals surface area contributed by atoms with Gasteiger partial charge in [-0.15, -0.1) is 10.2 Å². The van der Waals surface area contributed by atoms with Crippen LogP contribution in [0.5, 0.6) is 5.75 Å². The molecule has 0 saturated carbocycles. The van der Waals surface area contributed by atoms with E-state index in [2.05, 4.69) is 27.5 Å². The number of aromatic hydroxyl groups is 1. The zero-order valence-corrected chi connectivity index (χ0v) is 15.6. The zero-order valence-electron chi connectivity index (χ0n) is 15.6. The van der Waals surface area contributed by atoms with Crippen LogP contribution in [-0.4, -0.2) is 52.6 Å². The summed E-state index contributed by atoms with van der Waals surface area (Å²) < 4.78 is 36.6. The molecule has 1 saturated heterocycles. The van der Waals surface area contributed by atoms with Crippen LogP contribution in [0.25, 0.3) is 11.3 Å². The Labute approximate surface area is 161 Å². The average Bonchev–Trinajstić information content (AvgIpc) is 2.60. The minimum atomic E-state index is -4.58. The third-order valence-electron chi connectivity index (χ3n) is 4.56. The molecule has 2 aromatic rings. The molecule has 5 nitrogen and oxygen atoms in total. The standard InChI is InChI=1S/C20H21F3N4O/c1-13-10-18(24-15-4-3-9-27(2)12-15)25-26-19(13)16-6-5-14(11-17(16)28)7-8-20(21,22)23/h5-6,10-11,15,28H,3-4,9,12H2,1-2H3,(H,24,25)/t15-/m1/s1. The molecule has 0 bridgehead atoms. The number of halogens is 3. The molecule has 0 unspecified atom stereocenters. The van der Waals surface area contributed by atoms with Crippen LogP contribution < -0.4 is 5.32 Å². The SMILES string of the molecule is Cc1cc(N[C@@H]2CCCN(C)C2)nnc1-c1ccc(C#CC(F)(F)F)cc1O. The Kier molecular flexibility index (Phi) is 5.75. The molecule has 3 rings (SSSR count). The number of phenolic OH excluding ortho intramolecular Hbond substituents is 1. The largest absolute Gasteiger partial charge is 0.507 e. The Morgan fingerprint density at radius 1 is 1.25 bits per heavy atom. The number of alkyl halides is 3. The van der Waals surface area contributed by atoms with E-state index in [1.807, 2.05) is 18.9 Å². The first-order valence-corrected chi connectivity index (χ1v) is 8.94. The van der Waals surface area contributed by atoms with Crippen molar-refractivity contribution in [1.82, 2.24) is 15.1 Å². The Balaban J connectivity index is 1.79. The second-order valence-electron chi connectivity index (χ2n) is 6.99. The van der Waals surface area contributed by atoms with Gasteiger partial charge in [-0.2, -0.15) is 13.2 Å². The summed E-state index contributed by atoms with van der Waals surface area (Å²) in [6.45, 7) is 3.87. The predicted octanol–water partition coefficient (Wildman–Crippen LogP) is 3.58. The van der Waals surface area contributed by atoms with E-state index >= 15 is 0 Å². The molecule has 0 amide bonds. The van der Waals surface area contributed by atoms with Crippen LogP contribution in [0.15, 0.2) is 24.3 Å². The molecular weight excluding hydrogens is 369 g/mol. The van der Waals surface area contributed by atoms with Gasteiger partial charge in [0, 0.05) is 29.6 Å². The number of anilines is 1. The normalized spacial score (nSPS) is 17.7. The maximum atomic E-state index is 12.2. The van der Waals surface area contributed by atoms with Crippen LogP contribution >= 0.6 is 0 Å². The number of likely N-dealkylation sites (tertiary alicyclic amines) is 1. The van der Waals surface area contributed by atoms with Gasteiger partial charge in [-0.1, -0.05) is 5.92 Å². The topological polar surface area (TPSA) is 61.3 Å². The van der Waals surface area contributed by atoms with Crippen molar-refractivity contribution < 1.29 is 18.3 Å². The number of nitrogens with one attached hydrogen (secondary N) is 1. The highest BCUT2D eigenvalue weighted by Crippen LogP contribution is 2.31. The van der Waals surface area contributed by atoms with Crippen molar-refractivity contribution in [2.75, 3.05) is 25.5 Å². The molecular formula is C20H21F3N4O. The highest BCUT2D eigenvalue weighted by Gasteiger charge is 2.23. The second kappa shape index (κ2) is 8.07. The smallest absolute Gasteiger partial charge is 0.458 e. The summed E-state index contributed by atoms with van der Waals surface area (Å²) in [5.41, 5.74) is 1.74. The number of piperidine rings is 1. The molecule has 0 spiro atoms. The summed E-state index contributed by atoms with van der Waals surface area (Å²) in [5.74, 6) is 3.64. The average molecular weight is 390 g/mol. The number of aromatic nitrogens is 2. The molecule has 1 fully saturated rings. The fourth-order valence-electron chi connectivity index (χ4n) is 3.27. The summed E-state index contributed by atoms with van der Waals surface area (Å²) in [5, 5.41) is 22.0. The van der Waals surface area contributed by atoms with Crippen molar-refractivity contribution in [2.24, 2.45) is 0 Å². The van der Waals surface area contributed by atoms with Crippen LogP contribution in [-0.2, 0) is 0 Å². The van der Waals surface area contributed by atoms with Gasteiger partial charge in [-0.05, 0) is 63.2 Å². The maximum Gasteiger partial charge on any atom is 0.458 e. The van der Waals surface area contributed by atoms with E-state index in [9.17, 15) is 18.3 Å². The number of nitrogens with zero attached hydrogens (tertiary/aromatic N) is 3. The molecule has 1 aromatic heterocycles. The molecule has 2 heterocycles. The van der Waals surface area contributed by atoms with E-state index in [4.69, 9.17) is 0 Å². The minimum absolute atomic E-state index is 0.0730. The van der Waals surface area contributed by atoms with Crippen molar-refractivity contribution in [3.8, 4) is 28.8 Å². The molecule has 8 heteroatoms. The van der Waals surface area contributed by atoms with E-state index in [-0.39, 0.29) is 11.3 Å². The summed E-state index contributed by atoms with van der Waals surface area (Å²) >= 11 is 0. The number of hydrogen-bond acceptors (Lipinski definition) is 5. The summed E-state index contributed by atoms with van der Waals surface area (Å²) in [4.78, 5) is 2.26. The van der Waals surface area contributed by atoms with Crippen molar-refractivity contribution in [3.05, 3.63) is 35.4 Å². The lowest BCUT2D eigenvalue weighted by molar-refractivity contribution is -0.0696. The predicted molar refractivity (Wildman–Crippen MR) is 101 cm³/mol.